The normalized spacial score (nSPS) is 9.70. The molecule has 0 aliphatic heterocycles. The van der Waals surface area contributed by atoms with Crippen molar-refractivity contribution in [2.45, 2.75) is 6.54 Å². The minimum absolute atomic E-state index is 0.207. The van der Waals surface area contributed by atoms with E-state index in [1.165, 1.54) is 11.3 Å². The van der Waals surface area contributed by atoms with Crippen molar-refractivity contribution in [3.05, 3.63) is 50.9 Å². The van der Waals surface area contributed by atoms with E-state index in [4.69, 9.17) is 16.7 Å². The van der Waals surface area contributed by atoms with Crippen LogP contribution in [-0.4, -0.2) is 22.6 Å². The summed E-state index contributed by atoms with van der Waals surface area (Å²) in [6.07, 6.45) is 1.71. The van der Waals surface area contributed by atoms with E-state index >= 15 is 0 Å². The number of halogens is 1. The van der Waals surface area contributed by atoms with Crippen molar-refractivity contribution >= 4 is 28.8 Å². The van der Waals surface area contributed by atoms with Gasteiger partial charge in [-0.3, -0.25) is 9.78 Å². The highest BCUT2D eigenvalue weighted by Gasteiger charge is 2.08. The third kappa shape index (κ3) is 3.81. The van der Waals surface area contributed by atoms with E-state index in [9.17, 15) is 4.79 Å². The summed E-state index contributed by atoms with van der Waals surface area (Å²) in [6.45, 7) is 0.209. The molecule has 0 aliphatic rings. The zero-order valence-corrected chi connectivity index (χ0v) is 12.0. The Hall–Kier alpha value is -1.87. The van der Waals surface area contributed by atoms with Gasteiger partial charge in [0.1, 0.15) is 6.61 Å². The van der Waals surface area contributed by atoms with Gasteiger partial charge in [-0.1, -0.05) is 23.4 Å². The van der Waals surface area contributed by atoms with Crippen LogP contribution in [0.5, 0.6) is 0 Å². The predicted octanol–water partition coefficient (Wildman–Crippen LogP) is 2.07. The maximum Gasteiger partial charge on any atom is 0.251 e. The number of hydrogen-bond acceptors (Lipinski definition) is 4. The third-order valence-electron chi connectivity index (χ3n) is 2.44. The quantitative estimate of drug-likeness (QED) is 0.853. The fourth-order valence-corrected chi connectivity index (χ4v) is 2.25. The first-order valence-corrected chi connectivity index (χ1v) is 7.01. The first-order chi connectivity index (χ1) is 9.70. The lowest BCUT2D eigenvalue weighted by atomic mass is 10.1. The molecule has 0 atom stereocenters. The lowest BCUT2D eigenvalue weighted by molar-refractivity contribution is 0.0951. The molecule has 1 heterocycles. The lowest BCUT2D eigenvalue weighted by Crippen LogP contribution is -2.22. The van der Waals surface area contributed by atoms with Crippen LogP contribution in [0.25, 0.3) is 0 Å². The number of amides is 1. The smallest absolute Gasteiger partial charge is 0.251 e. The van der Waals surface area contributed by atoms with Gasteiger partial charge in [0.2, 0.25) is 0 Å². The number of thiazole rings is 1. The van der Waals surface area contributed by atoms with Crippen molar-refractivity contribution in [1.29, 1.82) is 0 Å². The summed E-state index contributed by atoms with van der Waals surface area (Å²) in [5.74, 6) is 5.02. The second-order valence-electron chi connectivity index (χ2n) is 3.80. The Balaban J connectivity index is 2.05. The van der Waals surface area contributed by atoms with Crippen LogP contribution in [0.1, 0.15) is 20.8 Å². The molecule has 0 saturated carbocycles. The summed E-state index contributed by atoms with van der Waals surface area (Å²) in [6, 6.07) is 4.87. The fourth-order valence-electron chi connectivity index (χ4n) is 1.49. The third-order valence-corrected chi connectivity index (χ3v) is 3.53. The van der Waals surface area contributed by atoms with E-state index in [1.54, 1.807) is 29.9 Å². The molecular weight excluding hydrogens is 296 g/mol. The Morgan fingerprint density at radius 2 is 2.35 bits per heavy atom. The second-order valence-corrected chi connectivity index (χ2v) is 5.18. The number of aliphatic hydroxyl groups is 1. The monoisotopic (exact) mass is 306 g/mol. The first kappa shape index (κ1) is 14.5. The molecule has 0 aliphatic carbocycles. The number of rotatable bonds is 3. The van der Waals surface area contributed by atoms with Gasteiger partial charge in [0, 0.05) is 22.2 Å². The number of aromatic nitrogens is 1. The summed E-state index contributed by atoms with van der Waals surface area (Å²) in [7, 11) is 0. The molecule has 20 heavy (non-hydrogen) atoms. The van der Waals surface area contributed by atoms with Gasteiger partial charge in [-0.15, -0.1) is 11.3 Å². The zero-order chi connectivity index (χ0) is 14.4. The molecule has 2 aromatic rings. The number of aliphatic hydroxyl groups excluding tert-OH is 1. The minimum Gasteiger partial charge on any atom is -0.384 e. The van der Waals surface area contributed by atoms with E-state index in [1.807, 2.05) is 0 Å². The van der Waals surface area contributed by atoms with E-state index in [0.29, 0.717) is 22.7 Å². The Morgan fingerprint density at radius 1 is 1.50 bits per heavy atom. The van der Waals surface area contributed by atoms with E-state index in [0.717, 1.165) is 4.88 Å². The summed E-state index contributed by atoms with van der Waals surface area (Å²) in [5, 5.41) is 11.8. The van der Waals surface area contributed by atoms with Gasteiger partial charge in [0.15, 0.2) is 0 Å². The van der Waals surface area contributed by atoms with Crippen LogP contribution in [0.15, 0.2) is 29.9 Å². The van der Waals surface area contributed by atoms with Crippen molar-refractivity contribution in [3.63, 3.8) is 0 Å². The van der Waals surface area contributed by atoms with E-state index in [2.05, 4.69) is 22.1 Å². The van der Waals surface area contributed by atoms with Crippen molar-refractivity contribution < 1.29 is 9.90 Å². The summed E-state index contributed by atoms with van der Waals surface area (Å²) in [4.78, 5) is 16.9. The highest BCUT2D eigenvalue weighted by Crippen LogP contribution is 2.17. The predicted molar refractivity (Wildman–Crippen MR) is 78.7 cm³/mol. The number of nitrogens with zero attached hydrogens (tertiary/aromatic N) is 1. The second kappa shape index (κ2) is 7.06. The number of nitrogens with one attached hydrogen (secondary N) is 1. The van der Waals surface area contributed by atoms with E-state index < -0.39 is 0 Å². The number of benzene rings is 1. The van der Waals surface area contributed by atoms with Gasteiger partial charge in [-0.05, 0) is 18.2 Å². The molecule has 0 fully saturated rings. The van der Waals surface area contributed by atoms with Crippen LogP contribution in [0.3, 0.4) is 0 Å². The average molecular weight is 307 g/mol. The number of carbonyl (C=O) groups excluding carboxylic acids is 1. The summed E-state index contributed by atoms with van der Waals surface area (Å²) in [5.41, 5.74) is 2.77. The fraction of sp³-hybridized carbons (Fsp3) is 0.143. The van der Waals surface area contributed by atoms with Crippen LogP contribution in [-0.2, 0) is 6.54 Å². The Morgan fingerprint density at radius 3 is 3.00 bits per heavy atom. The van der Waals surface area contributed by atoms with Crippen LogP contribution < -0.4 is 5.32 Å². The maximum atomic E-state index is 12.0. The standard InChI is InChI=1S/C14H11ClN2O2S/c15-13-6-11(4-3-10(13)2-1-5-18)14(19)17-8-12-7-16-9-20-12/h3-4,6-7,9,18H,5,8H2,(H,17,19). The molecule has 6 heteroatoms. The van der Waals surface area contributed by atoms with E-state index in [-0.39, 0.29) is 12.5 Å². The molecule has 0 spiro atoms. The van der Waals surface area contributed by atoms with Crippen LogP contribution in [0, 0.1) is 11.8 Å². The molecule has 2 N–H and O–H groups in total. The average Bonchev–Trinajstić information content (AvgIpc) is 2.96. The summed E-state index contributed by atoms with van der Waals surface area (Å²) >= 11 is 7.52. The largest absolute Gasteiger partial charge is 0.384 e. The number of hydrogen-bond donors (Lipinski definition) is 2. The van der Waals surface area contributed by atoms with Crippen molar-refractivity contribution in [2.75, 3.05) is 6.61 Å². The highest BCUT2D eigenvalue weighted by atomic mass is 35.5. The van der Waals surface area contributed by atoms with Crippen LogP contribution >= 0.6 is 22.9 Å². The topological polar surface area (TPSA) is 62.2 Å². The Bertz CT molecular complexity index is 660. The van der Waals surface area contributed by atoms with Crippen molar-refractivity contribution in [2.24, 2.45) is 0 Å². The van der Waals surface area contributed by atoms with Crippen LogP contribution in [0.2, 0.25) is 5.02 Å². The van der Waals surface area contributed by atoms with Gasteiger partial charge in [0.25, 0.3) is 5.91 Å². The molecule has 0 bridgehead atoms. The highest BCUT2D eigenvalue weighted by molar-refractivity contribution is 7.09. The number of carbonyl (C=O) groups is 1. The van der Waals surface area contributed by atoms with Gasteiger partial charge in [-0.25, -0.2) is 0 Å². The molecule has 0 unspecified atom stereocenters. The lowest BCUT2D eigenvalue weighted by Gasteiger charge is -2.05. The SMILES string of the molecule is O=C(NCc1cncs1)c1ccc(C#CCO)c(Cl)c1. The minimum atomic E-state index is -0.229. The molecule has 4 nitrogen and oxygen atoms in total. The molecule has 102 valence electrons. The molecule has 2 rings (SSSR count). The van der Waals surface area contributed by atoms with Gasteiger partial charge in [0.05, 0.1) is 17.1 Å². The van der Waals surface area contributed by atoms with Gasteiger partial charge in [-0.2, -0.15) is 0 Å². The van der Waals surface area contributed by atoms with Gasteiger partial charge < -0.3 is 10.4 Å². The zero-order valence-electron chi connectivity index (χ0n) is 10.4. The molecule has 0 radical (unpaired) electrons. The maximum absolute atomic E-state index is 12.0. The Kier molecular flexibility index (Phi) is 5.13. The van der Waals surface area contributed by atoms with Crippen molar-refractivity contribution in [1.82, 2.24) is 10.3 Å². The Labute approximate surface area is 125 Å². The molecular formula is C14H11ClN2O2S. The first-order valence-electron chi connectivity index (χ1n) is 5.75. The molecule has 1 aromatic heterocycles. The molecule has 1 amide bonds. The summed E-state index contributed by atoms with van der Waals surface area (Å²) < 4.78 is 0. The van der Waals surface area contributed by atoms with Gasteiger partial charge >= 0.3 is 0 Å². The van der Waals surface area contributed by atoms with Crippen molar-refractivity contribution in [3.8, 4) is 11.8 Å². The molecule has 1 aromatic carbocycles. The molecule has 0 saturated heterocycles. The van der Waals surface area contributed by atoms with Crippen LogP contribution in [0.4, 0.5) is 0 Å².